The molecule has 0 saturated carbocycles. The number of benzene rings is 2. The minimum atomic E-state index is -1.14. The molecule has 3 amide bonds. The van der Waals surface area contributed by atoms with Gasteiger partial charge in [-0.2, -0.15) is 0 Å². The summed E-state index contributed by atoms with van der Waals surface area (Å²) in [5.74, 6) is -4.26. The summed E-state index contributed by atoms with van der Waals surface area (Å²) in [6, 6.07) is 7.35. The summed E-state index contributed by atoms with van der Waals surface area (Å²) in [6.45, 7) is 2.70. The minimum absolute atomic E-state index is 0.00576. The average molecular weight is 493 g/mol. The summed E-state index contributed by atoms with van der Waals surface area (Å²) in [6.07, 6.45) is 0. The van der Waals surface area contributed by atoms with E-state index in [9.17, 15) is 28.0 Å². The molecule has 0 heterocycles. The maximum atomic E-state index is 13.1. The second-order valence-electron chi connectivity index (χ2n) is 6.82. The van der Waals surface area contributed by atoms with Crippen LogP contribution >= 0.6 is 0 Å². The van der Waals surface area contributed by atoms with Crippen molar-refractivity contribution >= 4 is 29.4 Å². The van der Waals surface area contributed by atoms with E-state index in [0.717, 1.165) is 18.2 Å². The highest BCUT2D eigenvalue weighted by Gasteiger charge is 2.14. The van der Waals surface area contributed by atoms with Crippen LogP contribution in [0.2, 0.25) is 0 Å². The number of ether oxygens (including phenoxy) is 3. The van der Waals surface area contributed by atoms with Crippen LogP contribution in [0.25, 0.3) is 0 Å². The van der Waals surface area contributed by atoms with Crippen molar-refractivity contribution in [2.24, 2.45) is 0 Å². The van der Waals surface area contributed by atoms with Crippen molar-refractivity contribution in [1.29, 1.82) is 0 Å². The molecule has 0 bridgehead atoms. The number of hydrogen-bond donors (Lipinski definition) is 3. The van der Waals surface area contributed by atoms with Crippen molar-refractivity contribution in [2.75, 3.05) is 38.2 Å². The van der Waals surface area contributed by atoms with Crippen molar-refractivity contribution in [2.45, 2.75) is 13.8 Å². The first kappa shape index (κ1) is 27.0. The third-order valence-electron chi connectivity index (χ3n) is 4.21. The first-order valence-electron chi connectivity index (χ1n) is 10.6. The summed E-state index contributed by atoms with van der Waals surface area (Å²) in [5, 5.41) is 6.83. The molecule has 0 aliphatic carbocycles. The Bertz CT molecular complexity index is 1080. The summed E-state index contributed by atoms with van der Waals surface area (Å²) in [7, 11) is 0. The quantitative estimate of drug-likeness (QED) is 0.384. The monoisotopic (exact) mass is 493 g/mol. The van der Waals surface area contributed by atoms with Gasteiger partial charge in [0.2, 0.25) is 5.91 Å². The highest BCUT2D eigenvalue weighted by Crippen LogP contribution is 2.28. The van der Waals surface area contributed by atoms with Crippen LogP contribution in [0, 0.1) is 11.6 Å². The second kappa shape index (κ2) is 13.5. The molecule has 0 spiro atoms. The molecular formula is C23H25F2N3O7. The number of halogens is 2. The molecule has 0 saturated heterocycles. The fourth-order valence-electron chi connectivity index (χ4n) is 2.65. The van der Waals surface area contributed by atoms with Crippen molar-refractivity contribution in [3.05, 3.63) is 53.6 Å². The first-order chi connectivity index (χ1) is 16.7. The predicted octanol–water partition coefficient (Wildman–Crippen LogP) is 1.79. The summed E-state index contributed by atoms with van der Waals surface area (Å²) in [5.41, 5.74) is 0.237. The van der Waals surface area contributed by atoms with Gasteiger partial charge in [0.05, 0.1) is 19.8 Å². The van der Waals surface area contributed by atoms with Crippen molar-refractivity contribution in [3.8, 4) is 11.5 Å². The van der Waals surface area contributed by atoms with Gasteiger partial charge in [-0.25, -0.2) is 8.78 Å². The smallest absolute Gasteiger partial charge is 0.325 e. The van der Waals surface area contributed by atoms with E-state index < -0.39 is 55.0 Å². The lowest BCUT2D eigenvalue weighted by atomic mass is 10.2. The lowest BCUT2D eigenvalue weighted by molar-refractivity contribution is -0.147. The zero-order valence-corrected chi connectivity index (χ0v) is 19.1. The fourth-order valence-corrected chi connectivity index (χ4v) is 2.65. The fraction of sp³-hybridized carbons (Fsp3) is 0.304. The number of esters is 1. The molecular weight excluding hydrogens is 468 g/mol. The van der Waals surface area contributed by atoms with Gasteiger partial charge >= 0.3 is 5.97 Å². The third-order valence-corrected chi connectivity index (χ3v) is 4.21. The van der Waals surface area contributed by atoms with Gasteiger partial charge in [0.15, 0.2) is 29.7 Å². The van der Waals surface area contributed by atoms with E-state index in [-0.39, 0.29) is 11.3 Å². The Hall–Kier alpha value is -4.22. The molecule has 35 heavy (non-hydrogen) atoms. The summed E-state index contributed by atoms with van der Waals surface area (Å²) < 4.78 is 41.7. The number of carbonyl (C=O) groups excluding carboxylic acids is 4. The number of nitrogens with one attached hydrogen (secondary N) is 3. The second-order valence-corrected chi connectivity index (χ2v) is 6.82. The molecule has 3 N–H and O–H groups in total. The van der Waals surface area contributed by atoms with Crippen molar-refractivity contribution < 1.29 is 42.2 Å². The number of carbonyl (C=O) groups is 4. The van der Waals surface area contributed by atoms with E-state index >= 15 is 0 Å². The van der Waals surface area contributed by atoms with E-state index in [0.29, 0.717) is 24.7 Å². The van der Waals surface area contributed by atoms with Crippen LogP contribution in [0.3, 0.4) is 0 Å². The van der Waals surface area contributed by atoms with Gasteiger partial charge in [0, 0.05) is 17.3 Å². The first-order valence-corrected chi connectivity index (χ1v) is 10.6. The third kappa shape index (κ3) is 8.91. The average Bonchev–Trinajstić information content (AvgIpc) is 2.83. The summed E-state index contributed by atoms with van der Waals surface area (Å²) in [4.78, 5) is 47.6. The van der Waals surface area contributed by atoms with Crippen LogP contribution in [0.15, 0.2) is 36.4 Å². The number of hydrogen-bond acceptors (Lipinski definition) is 7. The van der Waals surface area contributed by atoms with Crippen LogP contribution in [0.5, 0.6) is 11.5 Å². The molecule has 0 aliphatic heterocycles. The summed E-state index contributed by atoms with van der Waals surface area (Å²) >= 11 is 0. The Morgan fingerprint density at radius 1 is 0.800 bits per heavy atom. The normalized spacial score (nSPS) is 10.2. The van der Waals surface area contributed by atoms with Gasteiger partial charge < -0.3 is 30.2 Å². The predicted molar refractivity (Wildman–Crippen MR) is 120 cm³/mol. The standard InChI is InChI=1S/C23H25F2N3O7/c1-3-33-18-8-5-14(9-19(18)34-4-2)23(32)27-12-22(31)35-13-21(30)26-11-20(29)28-15-6-7-16(24)17(25)10-15/h5-10H,3-4,11-13H2,1-2H3,(H,26,30)(H,27,32)(H,28,29). The Morgan fingerprint density at radius 3 is 2.20 bits per heavy atom. The molecule has 0 aliphatic rings. The number of amides is 3. The van der Waals surface area contributed by atoms with Crippen LogP contribution in [-0.4, -0.2) is 56.6 Å². The van der Waals surface area contributed by atoms with E-state index in [1.807, 2.05) is 6.92 Å². The Morgan fingerprint density at radius 2 is 1.51 bits per heavy atom. The maximum Gasteiger partial charge on any atom is 0.325 e. The molecule has 0 unspecified atom stereocenters. The number of anilines is 1. The van der Waals surface area contributed by atoms with E-state index in [1.54, 1.807) is 13.0 Å². The Kier molecular flexibility index (Phi) is 10.4. The maximum absolute atomic E-state index is 13.1. The molecule has 12 heteroatoms. The zero-order chi connectivity index (χ0) is 25.8. The SMILES string of the molecule is CCOc1ccc(C(=O)NCC(=O)OCC(=O)NCC(=O)Nc2ccc(F)c(F)c2)cc1OCC. The largest absolute Gasteiger partial charge is 0.490 e. The minimum Gasteiger partial charge on any atom is -0.490 e. The Balaban J connectivity index is 1.72. The van der Waals surface area contributed by atoms with E-state index in [4.69, 9.17) is 14.2 Å². The lowest BCUT2D eigenvalue weighted by Crippen LogP contribution is -2.37. The lowest BCUT2D eigenvalue weighted by Gasteiger charge is -2.12. The molecule has 2 aromatic carbocycles. The zero-order valence-electron chi connectivity index (χ0n) is 19.1. The van der Waals surface area contributed by atoms with E-state index in [2.05, 4.69) is 16.0 Å². The van der Waals surface area contributed by atoms with Gasteiger partial charge in [-0.05, 0) is 44.2 Å². The molecule has 0 aromatic heterocycles. The van der Waals surface area contributed by atoms with Gasteiger partial charge in [-0.1, -0.05) is 0 Å². The molecule has 2 rings (SSSR count). The molecule has 2 aromatic rings. The van der Waals surface area contributed by atoms with Gasteiger partial charge in [-0.3, -0.25) is 19.2 Å². The highest BCUT2D eigenvalue weighted by molar-refractivity contribution is 5.97. The highest BCUT2D eigenvalue weighted by atomic mass is 19.2. The van der Waals surface area contributed by atoms with Gasteiger partial charge in [0.1, 0.15) is 6.54 Å². The molecule has 10 nitrogen and oxygen atoms in total. The van der Waals surface area contributed by atoms with E-state index in [1.165, 1.54) is 12.1 Å². The van der Waals surface area contributed by atoms with Crippen LogP contribution < -0.4 is 25.4 Å². The van der Waals surface area contributed by atoms with Crippen LogP contribution in [0.4, 0.5) is 14.5 Å². The van der Waals surface area contributed by atoms with Gasteiger partial charge in [0.25, 0.3) is 11.8 Å². The molecule has 0 atom stereocenters. The van der Waals surface area contributed by atoms with Crippen molar-refractivity contribution in [3.63, 3.8) is 0 Å². The van der Waals surface area contributed by atoms with Crippen LogP contribution in [0.1, 0.15) is 24.2 Å². The molecule has 0 radical (unpaired) electrons. The van der Waals surface area contributed by atoms with Gasteiger partial charge in [-0.15, -0.1) is 0 Å². The topological polar surface area (TPSA) is 132 Å². The molecule has 0 fully saturated rings. The Labute approximate surface area is 199 Å². The van der Waals surface area contributed by atoms with Crippen molar-refractivity contribution in [1.82, 2.24) is 10.6 Å². The number of rotatable bonds is 12. The molecule has 188 valence electrons. The van der Waals surface area contributed by atoms with Crippen LogP contribution in [-0.2, 0) is 19.1 Å².